The maximum absolute atomic E-state index is 12.8. The largest absolute Gasteiger partial charge is 0.417 e. The number of halogens is 3. The molecule has 0 bridgehead atoms. The van der Waals surface area contributed by atoms with Crippen molar-refractivity contribution in [3.05, 3.63) is 48.0 Å². The molecule has 1 aromatic carbocycles. The molecule has 0 saturated carbocycles. The highest BCUT2D eigenvalue weighted by molar-refractivity contribution is 5.96. The highest BCUT2D eigenvalue weighted by atomic mass is 19.4. The maximum atomic E-state index is 12.8. The summed E-state index contributed by atoms with van der Waals surface area (Å²) >= 11 is 0. The number of likely N-dealkylation sites (tertiary alicyclic amines) is 1. The molecule has 2 rings (SSSR count). The predicted molar refractivity (Wildman–Crippen MR) is 84.6 cm³/mol. The zero-order chi connectivity index (χ0) is 18.7. The summed E-state index contributed by atoms with van der Waals surface area (Å²) in [6.07, 6.45) is -4.72. The van der Waals surface area contributed by atoms with Crippen LogP contribution in [-0.2, 0) is 11.3 Å². The second-order valence-electron chi connectivity index (χ2n) is 5.90. The summed E-state index contributed by atoms with van der Waals surface area (Å²) in [5, 5.41) is 12.2. The molecule has 0 aromatic heterocycles. The molecule has 136 valence electrons. The Labute approximate surface area is 143 Å². The Morgan fingerprint density at radius 3 is 2.44 bits per heavy atom. The molecule has 0 spiro atoms. The summed E-state index contributed by atoms with van der Waals surface area (Å²) in [5.41, 5.74) is -1.88. The first-order valence-corrected chi connectivity index (χ1v) is 7.74. The van der Waals surface area contributed by atoms with E-state index in [0.717, 1.165) is 6.08 Å². The van der Waals surface area contributed by atoms with Crippen LogP contribution in [-0.4, -0.2) is 46.7 Å². The minimum atomic E-state index is -4.71. The van der Waals surface area contributed by atoms with E-state index in [1.54, 1.807) is 24.3 Å². The fraction of sp³-hybridized carbons (Fsp3) is 0.412. The van der Waals surface area contributed by atoms with Crippen LogP contribution >= 0.6 is 0 Å². The number of hydrogen-bond donors (Lipinski definition) is 2. The van der Waals surface area contributed by atoms with Crippen molar-refractivity contribution in [2.24, 2.45) is 0 Å². The highest BCUT2D eigenvalue weighted by Crippen LogP contribution is 2.38. The highest BCUT2D eigenvalue weighted by Gasteiger charge is 2.54. The number of piperidine rings is 1. The molecule has 1 aliphatic heterocycles. The molecule has 1 fully saturated rings. The summed E-state index contributed by atoms with van der Waals surface area (Å²) in [5.74, 6) is -0.817. The quantitative estimate of drug-likeness (QED) is 0.811. The van der Waals surface area contributed by atoms with Gasteiger partial charge in [-0.15, -0.1) is 0 Å². The molecule has 1 heterocycles. The van der Waals surface area contributed by atoms with Gasteiger partial charge in [0.15, 0.2) is 5.60 Å². The topological polar surface area (TPSA) is 69.6 Å². The van der Waals surface area contributed by atoms with Crippen LogP contribution in [0.5, 0.6) is 0 Å². The Morgan fingerprint density at radius 1 is 1.28 bits per heavy atom. The van der Waals surface area contributed by atoms with Crippen molar-refractivity contribution >= 4 is 11.8 Å². The first-order chi connectivity index (χ1) is 11.7. The lowest BCUT2D eigenvalue weighted by Gasteiger charge is -2.39. The van der Waals surface area contributed by atoms with Crippen molar-refractivity contribution < 1.29 is 27.9 Å². The Morgan fingerprint density at radius 2 is 1.88 bits per heavy atom. The van der Waals surface area contributed by atoms with E-state index in [4.69, 9.17) is 0 Å². The predicted octanol–water partition coefficient (Wildman–Crippen LogP) is 2.02. The van der Waals surface area contributed by atoms with Gasteiger partial charge in [-0.05, 0) is 17.7 Å². The van der Waals surface area contributed by atoms with Crippen molar-refractivity contribution in [3.63, 3.8) is 0 Å². The van der Waals surface area contributed by atoms with E-state index in [-0.39, 0.29) is 19.6 Å². The summed E-state index contributed by atoms with van der Waals surface area (Å²) in [4.78, 5) is 25.2. The zero-order valence-electron chi connectivity index (χ0n) is 13.5. The molecular formula is C17H19F3N2O3. The van der Waals surface area contributed by atoms with Gasteiger partial charge in [-0.2, -0.15) is 13.2 Å². The number of nitrogens with zero attached hydrogens (tertiary/aromatic N) is 1. The van der Waals surface area contributed by atoms with Crippen LogP contribution in [0.4, 0.5) is 13.2 Å². The second-order valence-corrected chi connectivity index (χ2v) is 5.90. The number of nitrogens with one attached hydrogen (secondary N) is 1. The van der Waals surface area contributed by atoms with Gasteiger partial charge in [0.1, 0.15) is 0 Å². The summed E-state index contributed by atoms with van der Waals surface area (Å²) in [6.45, 7) is 3.05. The molecule has 5 nitrogen and oxygen atoms in total. The fourth-order valence-electron chi connectivity index (χ4n) is 2.67. The lowest BCUT2D eigenvalue weighted by Crippen LogP contribution is -2.54. The van der Waals surface area contributed by atoms with Crippen LogP contribution < -0.4 is 5.32 Å². The van der Waals surface area contributed by atoms with E-state index < -0.39 is 36.4 Å². The Bertz CT molecular complexity index is 665. The number of benzene rings is 1. The van der Waals surface area contributed by atoms with Crippen molar-refractivity contribution in [3.8, 4) is 0 Å². The number of aliphatic hydroxyl groups is 1. The van der Waals surface area contributed by atoms with Gasteiger partial charge < -0.3 is 15.3 Å². The number of hydrogen-bond acceptors (Lipinski definition) is 3. The molecular weight excluding hydrogens is 337 g/mol. The van der Waals surface area contributed by atoms with E-state index in [0.29, 0.717) is 11.1 Å². The van der Waals surface area contributed by atoms with Crippen LogP contribution in [0.2, 0.25) is 0 Å². The van der Waals surface area contributed by atoms with Crippen molar-refractivity contribution in [1.82, 2.24) is 10.2 Å². The molecule has 25 heavy (non-hydrogen) atoms. The Kier molecular flexibility index (Phi) is 5.52. The molecule has 1 aromatic rings. The van der Waals surface area contributed by atoms with Crippen LogP contribution in [0.3, 0.4) is 0 Å². The van der Waals surface area contributed by atoms with Gasteiger partial charge in [0, 0.05) is 38.0 Å². The number of carbonyl (C=O) groups is 2. The standard InChI is InChI=1S/C17H19F3N2O3/c1-2-14(23)21-11-12-5-3-4-6-13(12)15(24)22-9-7-16(25,8-10-22)17(18,19)20/h2-6,25H,1,7-11H2,(H,21,23). The molecule has 0 atom stereocenters. The normalized spacial score (nSPS) is 17.0. The summed E-state index contributed by atoms with van der Waals surface area (Å²) in [7, 11) is 0. The van der Waals surface area contributed by atoms with E-state index in [9.17, 15) is 27.9 Å². The van der Waals surface area contributed by atoms with E-state index >= 15 is 0 Å². The molecule has 2 amide bonds. The van der Waals surface area contributed by atoms with Gasteiger partial charge in [0.2, 0.25) is 5.91 Å². The summed E-state index contributed by atoms with van der Waals surface area (Å²) < 4.78 is 38.5. The number of alkyl halides is 3. The minimum absolute atomic E-state index is 0.104. The molecule has 8 heteroatoms. The summed E-state index contributed by atoms with van der Waals surface area (Å²) in [6, 6.07) is 6.56. The molecule has 0 aliphatic carbocycles. The average Bonchev–Trinajstić information content (AvgIpc) is 2.59. The van der Waals surface area contributed by atoms with Gasteiger partial charge in [-0.25, -0.2) is 0 Å². The maximum Gasteiger partial charge on any atom is 0.417 e. The lowest BCUT2D eigenvalue weighted by molar-refractivity contribution is -0.271. The third kappa shape index (κ3) is 4.19. The van der Waals surface area contributed by atoms with Crippen LogP contribution in [0, 0.1) is 0 Å². The van der Waals surface area contributed by atoms with Gasteiger partial charge in [-0.1, -0.05) is 24.8 Å². The van der Waals surface area contributed by atoms with E-state index in [2.05, 4.69) is 11.9 Å². The number of rotatable bonds is 4. The molecule has 0 radical (unpaired) electrons. The average molecular weight is 356 g/mol. The smallest absolute Gasteiger partial charge is 0.380 e. The van der Waals surface area contributed by atoms with Gasteiger partial charge in [0.25, 0.3) is 5.91 Å². The van der Waals surface area contributed by atoms with E-state index in [1.807, 2.05) is 0 Å². The minimum Gasteiger partial charge on any atom is -0.380 e. The first-order valence-electron chi connectivity index (χ1n) is 7.74. The van der Waals surface area contributed by atoms with Gasteiger partial charge in [0.05, 0.1) is 0 Å². The van der Waals surface area contributed by atoms with Crippen LogP contribution in [0.15, 0.2) is 36.9 Å². The third-order valence-electron chi connectivity index (χ3n) is 4.29. The second kappa shape index (κ2) is 7.26. The van der Waals surface area contributed by atoms with Gasteiger partial charge >= 0.3 is 6.18 Å². The van der Waals surface area contributed by atoms with Crippen molar-refractivity contribution in [2.45, 2.75) is 31.2 Å². The zero-order valence-corrected chi connectivity index (χ0v) is 13.5. The molecule has 1 saturated heterocycles. The molecule has 1 aliphatic rings. The first kappa shape index (κ1) is 19.0. The van der Waals surface area contributed by atoms with Crippen LogP contribution in [0.25, 0.3) is 0 Å². The van der Waals surface area contributed by atoms with Gasteiger partial charge in [-0.3, -0.25) is 9.59 Å². The van der Waals surface area contributed by atoms with Crippen molar-refractivity contribution in [2.75, 3.05) is 13.1 Å². The third-order valence-corrected chi connectivity index (χ3v) is 4.29. The fourth-order valence-corrected chi connectivity index (χ4v) is 2.67. The Hall–Kier alpha value is -2.35. The Balaban J connectivity index is 2.09. The monoisotopic (exact) mass is 356 g/mol. The molecule has 0 unspecified atom stereocenters. The number of carbonyl (C=O) groups excluding carboxylic acids is 2. The van der Waals surface area contributed by atoms with Crippen molar-refractivity contribution in [1.29, 1.82) is 0 Å². The SMILES string of the molecule is C=CC(=O)NCc1ccccc1C(=O)N1CCC(O)(C(F)(F)F)CC1. The van der Waals surface area contributed by atoms with E-state index in [1.165, 1.54) is 4.90 Å². The van der Waals surface area contributed by atoms with Crippen LogP contribution in [0.1, 0.15) is 28.8 Å². The lowest BCUT2D eigenvalue weighted by atomic mass is 9.90. The number of amides is 2. The molecule has 2 N–H and O–H groups in total.